The van der Waals surface area contributed by atoms with Crippen molar-refractivity contribution >= 4 is 15.7 Å². The third kappa shape index (κ3) is 7.26. The summed E-state index contributed by atoms with van der Waals surface area (Å²) in [6.07, 6.45) is -9.44. The average molecular weight is 534 g/mol. The fourth-order valence-corrected chi connectivity index (χ4v) is 4.27. The van der Waals surface area contributed by atoms with Crippen molar-refractivity contribution in [2.45, 2.75) is 25.9 Å². The van der Waals surface area contributed by atoms with E-state index in [0.717, 1.165) is 12.1 Å². The number of nitrogens with zero attached hydrogens (tertiary/aromatic N) is 1. The molecule has 0 fully saturated rings. The molecule has 36 heavy (non-hydrogen) atoms. The summed E-state index contributed by atoms with van der Waals surface area (Å²) in [4.78, 5) is 4.13. The van der Waals surface area contributed by atoms with E-state index in [2.05, 4.69) is 4.98 Å². The maximum absolute atomic E-state index is 12.9. The van der Waals surface area contributed by atoms with Crippen LogP contribution in [0.3, 0.4) is 0 Å². The Balaban J connectivity index is 1.87. The number of sulfonamides is 1. The van der Waals surface area contributed by atoms with Crippen molar-refractivity contribution in [2.24, 2.45) is 0 Å². The van der Waals surface area contributed by atoms with E-state index in [1.807, 2.05) is 4.72 Å². The Bertz CT molecular complexity index is 1340. The van der Waals surface area contributed by atoms with Crippen LogP contribution in [-0.2, 0) is 22.8 Å². The zero-order valence-corrected chi connectivity index (χ0v) is 19.7. The van der Waals surface area contributed by atoms with E-state index in [1.54, 1.807) is 25.1 Å². The van der Waals surface area contributed by atoms with E-state index in [4.69, 9.17) is 9.47 Å². The van der Waals surface area contributed by atoms with E-state index >= 15 is 0 Å². The second-order valence-corrected chi connectivity index (χ2v) is 9.39. The number of alkyl halides is 6. The molecular formula is C23H20F6N2O4S. The quantitative estimate of drug-likeness (QED) is 0.361. The second-order valence-electron chi connectivity index (χ2n) is 7.67. The topological polar surface area (TPSA) is 77.5 Å². The Hall–Kier alpha value is -3.48. The van der Waals surface area contributed by atoms with Crippen molar-refractivity contribution in [3.63, 3.8) is 0 Å². The number of hydrogen-bond donors (Lipinski definition) is 1. The summed E-state index contributed by atoms with van der Waals surface area (Å²) in [5, 5.41) is 0. The van der Waals surface area contributed by atoms with E-state index in [0.29, 0.717) is 28.1 Å². The van der Waals surface area contributed by atoms with Gasteiger partial charge in [0.1, 0.15) is 18.0 Å². The average Bonchev–Trinajstić information content (AvgIpc) is 2.76. The molecule has 0 bridgehead atoms. The third-order valence-electron chi connectivity index (χ3n) is 4.80. The lowest BCUT2D eigenvalue weighted by molar-refractivity contribution is -0.137. The maximum atomic E-state index is 12.9. The SMILES string of the molecule is COc1nc(C)c(-c2cccc(OCc3cccc(C(F)(F)F)c3)c2)cc1NS(=O)(=O)CC(F)(F)F. The number of anilines is 1. The van der Waals surface area contributed by atoms with Crippen molar-refractivity contribution in [1.29, 1.82) is 0 Å². The van der Waals surface area contributed by atoms with E-state index in [1.165, 1.54) is 31.4 Å². The van der Waals surface area contributed by atoms with E-state index in [-0.39, 0.29) is 18.2 Å². The predicted molar refractivity (Wildman–Crippen MR) is 120 cm³/mol. The fraction of sp³-hybridized carbons (Fsp3) is 0.261. The van der Waals surface area contributed by atoms with Gasteiger partial charge in [-0.2, -0.15) is 26.3 Å². The number of aromatic nitrogens is 1. The van der Waals surface area contributed by atoms with Crippen LogP contribution in [0.2, 0.25) is 0 Å². The first kappa shape index (κ1) is 27.1. The molecule has 0 saturated carbocycles. The summed E-state index contributed by atoms with van der Waals surface area (Å²) in [6, 6.07) is 12.3. The molecule has 0 spiro atoms. The monoisotopic (exact) mass is 534 g/mol. The van der Waals surface area contributed by atoms with Crippen LogP contribution in [0.1, 0.15) is 16.8 Å². The third-order valence-corrected chi connectivity index (χ3v) is 6.03. The fourth-order valence-electron chi connectivity index (χ4n) is 3.28. The second kappa shape index (κ2) is 10.2. The zero-order chi connectivity index (χ0) is 26.7. The number of ether oxygens (including phenoxy) is 2. The molecule has 0 aliphatic heterocycles. The van der Waals surface area contributed by atoms with Crippen molar-refractivity contribution in [2.75, 3.05) is 17.6 Å². The van der Waals surface area contributed by atoms with Crippen LogP contribution in [0.5, 0.6) is 11.6 Å². The summed E-state index contributed by atoms with van der Waals surface area (Å²) in [5.41, 5.74) is 0.403. The zero-order valence-electron chi connectivity index (χ0n) is 18.9. The van der Waals surface area contributed by atoms with Gasteiger partial charge in [0.05, 0.1) is 12.7 Å². The Morgan fingerprint density at radius 3 is 2.31 bits per heavy atom. The molecule has 0 unspecified atom stereocenters. The lowest BCUT2D eigenvalue weighted by Gasteiger charge is -2.16. The van der Waals surface area contributed by atoms with Gasteiger partial charge in [0.25, 0.3) is 0 Å². The van der Waals surface area contributed by atoms with Gasteiger partial charge in [-0.1, -0.05) is 24.3 Å². The molecule has 0 aliphatic carbocycles. The Morgan fingerprint density at radius 2 is 1.67 bits per heavy atom. The molecule has 2 aromatic carbocycles. The molecule has 0 atom stereocenters. The smallest absolute Gasteiger partial charge is 0.416 e. The minimum Gasteiger partial charge on any atom is -0.489 e. The van der Waals surface area contributed by atoms with E-state index in [9.17, 15) is 34.8 Å². The summed E-state index contributed by atoms with van der Waals surface area (Å²) < 4.78 is 113. The van der Waals surface area contributed by atoms with Crippen LogP contribution in [0, 0.1) is 6.92 Å². The largest absolute Gasteiger partial charge is 0.489 e. The highest BCUT2D eigenvalue weighted by atomic mass is 32.2. The number of nitrogens with one attached hydrogen (secondary N) is 1. The number of methoxy groups -OCH3 is 1. The number of halogens is 6. The van der Waals surface area contributed by atoms with Crippen molar-refractivity contribution in [1.82, 2.24) is 4.98 Å². The lowest BCUT2D eigenvalue weighted by Crippen LogP contribution is -2.28. The van der Waals surface area contributed by atoms with Crippen LogP contribution < -0.4 is 14.2 Å². The highest BCUT2D eigenvalue weighted by molar-refractivity contribution is 7.92. The first-order chi connectivity index (χ1) is 16.7. The highest BCUT2D eigenvalue weighted by Gasteiger charge is 2.35. The van der Waals surface area contributed by atoms with Crippen LogP contribution in [0.15, 0.2) is 54.6 Å². The van der Waals surface area contributed by atoms with Gasteiger partial charge in [-0.25, -0.2) is 13.4 Å². The van der Waals surface area contributed by atoms with Crippen LogP contribution in [-0.4, -0.2) is 32.4 Å². The normalized spacial score (nSPS) is 12.3. The Kier molecular flexibility index (Phi) is 7.72. The van der Waals surface area contributed by atoms with E-state index < -0.39 is 33.7 Å². The number of benzene rings is 2. The van der Waals surface area contributed by atoms with Gasteiger partial charge in [0.2, 0.25) is 15.9 Å². The molecule has 1 aromatic heterocycles. The van der Waals surface area contributed by atoms with Gasteiger partial charge in [-0.15, -0.1) is 0 Å². The number of pyridine rings is 1. The van der Waals surface area contributed by atoms with Crippen LogP contribution in [0.4, 0.5) is 32.0 Å². The molecule has 0 aliphatic rings. The predicted octanol–water partition coefficient (Wildman–Crippen LogP) is 5.97. The molecule has 6 nitrogen and oxygen atoms in total. The molecule has 1 heterocycles. The lowest BCUT2D eigenvalue weighted by atomic mass is 10.0. The summed E-state index contributed by atoms with van der Waals surface area (Å²) in [7, 11) is -3.61. The summed E-state index contributed by atoms with van der Waals surface area (Å²) in [6.45, 7) is 1.43. The molecule has 0 saturated heterocycles. The van der Waals surface area contributed by atoms with Gasteiger partial charge >= 0.3 is 12.4 Å². The number of aryl methyl sites for hydroxylation is 1. The maximum Gasteiger partial charge on any atom is 0.416 e. The van der Waals surface area contributed by atoms with Gasteiger partial charge in [-0.3, -0.25) is 4.72 Å². The highest BCUT2D eigenvalue weighted by Crippen LogP contribution is 2.34. The Labute approximate surface area is 202 Å². The molecule has 1 N–H and O–H groups in total. The minimum atomic E-state index is -4.95. The number of rotatable bonds is 8. The molecule has 0 radical (unpaired) electrons. The van der Waals surface area contributed by atoms with Gasteiger partial charge in [-0.05, 0) is 48.4 Å². The molecule has 194 valence electrons. The van der Waals surface area contributed by atoms with Gasteiger partial charge in [0, 0.05) is 11.3 Å². The Morgan fingerprint density at radius 1 is 0.972 bits per heavy atom. The van der Waals surface area contributed by atoms with Crippen molar-refractivity contribution < 1.29 is 44.2 Å². The number of hydrogen-bond acceptors (Lipinski definition) is 5. The summed E-state index contributed by atoms with van der Waals surface area (Å²) >= 11 is 0. The molecule has 0 amide bonds. The first-order valence-electron chi connectivity index (χ1n) is 10.2. The van der Waals surface area contributed by atoms with Gasteiger partial charge in [0.15, 0.2) is 5.75 Å². The molecule has 13 heteroatoms. The van der Waals surface area contributed by atoms with Crippen LogP contribution in [0.25, 0.3) is 11.1 Å². The first-order valence-corrected chi connectivity index (χ1v) is 11.8. The standard InChI is InChI=1S/C23H20F6N2O4S/c1-14-19(11-20(21(30-14)34-2)31-36(32,33)13-22(24,25)26)16-6-4-8-18(10-16)35-12-15-5-3-7-17(9-15)23(27,28)29/h3-11,31H,12-13H2,1-2H3. The summed E-state index contributed by atoms with van der Waals surface area (Å²) in [5.74, 6) is -2.02. The van der Waals surface area contributed by atoms with Gasteiger partial charge < -0.3 is 9.47 Å². The van der Waals surface area contributed by atoms with Crippen LogP contribution >= 0.6 is 0 Å². The minimum absolute atomic E-state index is 0.157. The van der Waals surface area contributed by atoms with Crippen molar-refractivity contribution in [3.8, 4) is 22.8 Å². The molecule has 3 aromatic rings. The van der Waals surface area contributed by atoms with Crippen molar-refractivity contribution in [3.05, 3.63) is 71.4 Å². The molecular weight excluding hydrogens is 514 g/mol. The molecule has 3 rings (SSSR count).